The topological polar surface area (TPSA) is 57.5 Å². The van der Waals surface area contributed by atoms with Crippen LogP contribution in [0, 0.1) is 0 Å². The number of unbranched alkanes of at least 4 members (excludes halogenated alkanes) is 11. The molecular formula is C16H34MgO3. The number of hydrogen-bond donors (Lipinski definition) is 2. The first-order chi connectivity index (χ1) is 9.18. The molecule has 0 amide bonds. The van der Waals surface area contributed by atoms with Crippen LogP contribution >= 0.6 is 0 Å². The predicted octanol–water partition coefficient (Wildman–Crippen LogP) is 3.61. The molecule has 0 bridgehead atoms. The largest absolute Gasteiger partial charge is 0.479 e. The third kappa shape index (κ3) is 16.3. The highest BCUT2D eigenvalue weighted by molar-refractivity contribution is 5.75. The Morgan fingerprint density at radius 3 is 1.50 bits per heavy atom. The highest BCUT2D eigenvalue weighted by atomic mass is 24.3. The molecule has 0 rings (SSSR count). The summed E-state index contributed by atoms with van der Waals surface area (Å²) in [6.45, 7) is 2.25. The Morgan fingerprint density at radius 1 is 0.800 bits per heavy atom. The van der Waals surface area contributed by atoms with Gasteiger partial charge in [-0.3, -0.25) is 0 Å². The Labute approximate surface area is 140 Å². The third-order valence-corrected chi connectivity index (χ3v) is 3.62. The summed E-state index contributed by atoms with van der Waals surface area (Å²) < 4.78 is 0. The van der Waals surface area contributed by atoms with E-state index in [1.165, 1.54) is 64.2 Å². The predicted molar refractivity (Wildman–Crippen MR) is 87.9 cm³/mol. The highest BCUT2D eigenvalue weighted by Crippen LogP contribution is 2.12. The first-order valence-corrected chi connectivity index (χ1v) is 8.09. The van der Waals surface area contributed by atoms with Crippen LogP contribution in [-0.2, 0) is 4.79 Å². The van der Waals surface area contributed by atoms with E-state index in [-0.39, 0.29) is 23.1 Å². The number of aliphatic hydroxyl groups is 1. The summed E-state index contributed by atoms with van der Waals surface area (Å²) in [5.74, 6) is -1.09. The van der Waals surface area contributed by atoms with E-state index < -0.39 is 12.1 Å². The normalized spacial score (nSPS) is 11.9. The van der Waals surface area contributed by atoms with E-state index >= 15 is 0 Å². The molecular weight excluding hydrogens is 264 g/mol. The van der Waals surface area contributed by atoms with Crippen molar-refractivity contribution in [3.05, 3.63) is 0 Å². The van der Waals surface area contributed by atoms with Crippen molar-refractivity contribution in [3.63, 3.8) is 0 Å². The summed E-state index contributed by atoms with van der Waals surface area (Å²) in [4.78, 5) is 10.4. The zero-order valence-electron chi connectivity index (χ0n) is 12.6. The minimum atomic E-state index is -1.16. The van der Waals surface area contributed by atoms with Gasteiger partial charge in [0, 0.05) is 0 Å². The average Bonchev–Trinajstić information content (AvgIpc) is 2.39. The molecule has 0 fully saturated rings. The van der Waals surface area contributed by atoms with Crippen molar-refractivity contribution in [1.29, 1.82) is 0 Å². The van der Waals surface area contributed by atoms with Crippen molar-refractivity contribution < 1.29 is 15.0 Å². The van der Waals surface area contributed by atoms with Gasteiger partial charge in [0.25, 0.3) is 0 Å². The number of aliphatic hydroxyl groups excluding tert-OH is 1. The van der Waals surface area contributed by atoms with E-state index in [2.05, 4.69) is 6.92 Å². The van der Waals surface area contributed by atoms with E-state index in [1.54, 1.807) is 0 Å². The molecule has 1 unspecified atom stereocenters. The maximum Gasteiger partial charge on any atom is 0.332 e. The highest BCUT2D eigenvalue weighted by Gasteiger charge is 2.11. The molecule has 0 aliphatic carbocycles. The second kappa shape index (κ2) is 17.2. The van der Waals surface area contributed by atoms with Gasteiger partial charge in [-0.25, -0.2) is 4.79 Å². The van der Waals surface area contributed by atoms with Gasteiger partial charge in [0.1, 0.15) is 0 Å². The molecule has 1 atom stereocenters. The zero-order chi connectivity index (χ0) is 14.3. The maximum atomic E-state index is 10.4. The number of aliphatic carboxylic acids is 1. The second-order valence-corrected chi connectivity index (χ2v) is 5.53. The molecule has 4 heteroatoms. The molecule has 0 spiro atoms. The Bertz CT molecular complexity index is 210. The van der Waals surface area contributed by atoms with E-state index in [1.807, 2.05) is 0 Å². The van der Waals surface area contributed by atoms with Gasteiger partial charge < -0.3 is 10.2 Å². The Hall–Kier alpha value is 0.196. The van der Waals surface area contributed by atoms with Crippen LogP contribution in [0.5, 0.6) is 0 Å². The molecule has 0 saturated heterocycles. The molecule has 0 aromatic carbocycles. The summed E-state index contributed by atoms with van der Waals surface area (Å²) in [6.07, 6.45) is 14.4. The first kappa shape index (κ1) is 22.5. The van der Waals surface area contributed by atoms with Crippen molar-refractivity contribution in [2.45, 2.75) is 96.5 Å². The van der Waals surface area contributed by atoms with Crippen molar-refractivity contribution >= 4 is 29.0 Å². The van der Waals surface area contributed by atoms with Crippen LogP contribution in [0.2, 0.25) is 0 Å². The fourth-order valence-corrected chi connectivity index (χ4v) is 2.30. The Morgan fingerprint density at radius 2 is 1.15 bits per heavy atom. The Kier molecular flexibility index (Phi) is 19.4. The number of hydrogen-bond acceptors (Lipinski definition) is 2. The van der Waals surface area contributed by atoms with E-state index in [9.17, 15) is 4.79 Å². The second-order valence-electron chi connectivity index (χ2n) is 5.53. The molecule has 0 radical (unpaired) electrons. The van der Waals surface area contributed by atoms with E-state index in [0.29, 0.717) is 6.42 Å². The first-order valence-electron chi connectivity index (χ1n) is 8.09. The molecule has 2 N–H and O–H groups in total. The molecule has 3 nitrogen and oxygen atoms in total. The molecule has 118 valence electrons. The third-order valence-electron chi connectivity index (χ3n) is 3.62. The molecule has 0 heterocycles. The monoisotopic (exact) mass is 298 g/mol. The van der Waals surface area contributed by atoms with Gasteiger partial charge in [0.2, 0.25) is 0 Å². The van der Waals surface area contributed by atoms with Gasteiger partial charge in [0.05, 0.1) is 0 Å². The summed E-state index contributed by atoms with van der Waals surface area (Å²) in [6, 6.07) is 0. The van der Waals surface area contributed by atoms with Crippen LogP contribution in [-0.4, -0.2) is 45.3 Å². The van der Waals surface area contributed by atoms with E-state index in [4.69, 9.17) is 10.2 Å². The molecule has 0 aromatic heterocycles. The SMILES string of the molecule is CCCCCCCCCCCCCCC(O)C(=O)O.[MgH2]. The Balaban J connectivity index is 0. The number of carboxylic acid groups (broad SMARTS) is 1. The minimum absolute atomic E-state index is 0. The lowest BCUT2D eigenvalue weighted by Crippen LogP contribution is -2.18. The fourth-order valence-electron chi connectivity index (χ4n) is 2.30. The van der Waals surface area contributed by atoms with E-state index in [0.717, 1.165) is 12.8 Å². The van der Waals surface area contributed by atoms with Crippen LogP contribution < -0.4 is 0 Å². The quantitative estimate of drug-likeness (QED) is 0.380. The summed E-state index contributed by atoms with van der Waals surface area (Å²) >= 11 is 0. The van der Waals surface area contributed by atoms with Gasteiger partial charge in [-0.15, -0.1) is 0 Å². The van der Waals surface area contributed by atoms with Crippen LogP contribution in [0.1, 0.15) is 90.4 Å². The smallest absolute Gasteiger partial charge is 0.332 e. The zero-order valence-corrected chi connectivity index (χ0v) is 12.6. The number of rotatable bonds is 14. The van der Waals surface area contributed by atoms with Crippen molar-refractivity contribution in [1.82, 2.24) is 0 Å². The van der Waals surface area contributed by atoms with Gasteiger partial charge >= 0.3 is 29.0 Å². The van der Waals surface area contributed by atoms with Crippen LogP contribution in [0.4, 0.5) is 0 Å². The van der Waals surface area contributed by atoms with Gasteiger partial charge in [-0.2, -0.15) is 0 Å². The molecule has 0 aliphatic heterocycles. The maximum absolute atomic E-state index is 10.4. The van der Waals surface area contributed by atoms with Crippen LogP contribution in [0.15, 0.2) is 0 Å². The molecule has 0 saturated carbocycles. The standard InChI is InChI=1S/C16H32O3.Mg.2H/c1-2-3-4-5-6-7-8-9-10-11-12-13-14-15(17)16(18)19;;;/h15,17H,2-14H2,1H3,(H,18,19);;;. The van der Waals surface area contributed by atoms with Crippen LogP contribution in [0.25, 0.3) is 0 Å². The van der Waals surface area contributed by atoms with Gasteiger partial charge in [-0.1, -0.05) is 84.0 Å². The van der Waals surface area contributed by atoms with Crippen molar-refractivity contribution in [2.24, 2.45) is 0 Å². The molecule has 20 heavy (non-hydrogen) atoms. The van der Waals surface area contributed by atoms with Crippen molar-refractivity contribution in [3.8, 4) is 0 Å². The fraction of sp³-hybridized carbons (Fsp3) is 0.938. The van der Waals surface area contributed by atoms with Gasteiger partial charge in [0.15, 0.2) is 6.10 Å². The lowest BCUT2D eigenvalue weighted by atomic mass is 10.0. The van der Waals surface area contributed by atoms with Crippen molar-refractivity contribution in [2.75, 3.05) is 0 Å². The number of carbonyl (C=O) groups is 1. The molecule has 0 aliphatic rings. The van der Waals surface area contributed by atoms with Crippen LogP contribution in [0.3, 0.4) is 0 Å². The lowest BCUT2D eigenvalue weighted by molar-refractivity contribution is -0.146. The number of carboxylic acids is 1. The lowest BCUT2D eigenvalue weighted by Gasteiger charge is -2.05. The molecule has 0 aromatic rings. The summed E-state index contributed by atoms with van der Waals surface area (Å²) in [7, 11) is 0. The summed E-state index contributed by atoms with van der Waals surface area (Å²) in [5, 5.41) is 17.6. The van der Waals surface area contributed by atoms with Gasteiger partial charge in [-0.05, 0) is 6.42 Å². The minimum Gasteiger partial charge on any atom is -0.479 e. The summed E-state index contributed by atoms with van der Waals surface area (Å²) in [5.41, 5.74) is 0. The average molecular weight is 299 g/mol.